The molecule has 148 valence electrons. The molecule has 0 spiro atoms. The first kappa shape index (κ1) is 19.5. The lowest BCUT2D eigenvalue weighted by Crippen LogP contribution is -2.57. The van der Waals surface area contributed by atoms with Crippen molar-refractivity contribution in [3.05, 3.63) is 65.7 Å². The molecule has 0 aromatic heterocycles. The van der Waals surface area contributed by atoms with Crippen molar-refractivity contribution in [3.8, 4) is 24.0 Å². The molecule has 7 nitrogen and oxygen atoms in total. The maximum absolute atomic E-state index is 10.3. The monoisotopic (exact) mass is 398 g/mol. The van der Waals surface area contributed by atoms with Gasteiger partial charge in [-0.25, -0.2) is 0 Å². The van der Waals surface area contributed by atoms with Crippen LogP contribution in [0.25, 0.3) is 0 Å². The second-order valence-electron chi connectivity index (χ2n) is 7.41. The van der Waals surface area contributed by atoms with Gasteiger partial charge in [0.2, 0.25) is 17.1 Å². The summed E-state index contributed by atoms with van der Waals surface area (Å²) in [5, 5.41) is 39.2. The van der Waals surface area contributed by atoms with Gasteiger partial charge in [0, 0.05) is 5.56 Å². The first-order valence-electron chi connectivity index (χ1n) is 9.35. The van der Waals surface area contributed by atoms with Crippen molar-refractivity contribution < 1.29 is 14.2 Å². The Labute approximate surface area is 174 Å². The van der Waals surface area contributed by atoms with Gasteiger partial charge in [-0.3, -0.25) is 5.41 Å². The van der Waals surface area contributed by atoms with Crippen molar-refractivity contribution in [2.24, 2.45) is 16.7 Å². The van der Waals surface area contributed by atoms with E-state index in [1.165, 1.54) is 7.11 Å². The normalized spacial score (nSPS) is 31.0. The van der Waals surface area contributed by atoms with E-state index >= 15 is 0 Å². The molecular weight excluding hydrogens is 380 g/mol. The van der Waals surface area contributed by atoms with Crippen LogP contribution >= 0.6 is 0 Å². The largest absolute Gasteiger partial charge is 0.497 e. The topological polar surface area (TPSA) is 123 Å². The number of methoxy groups -OCH3 is 1. The number of hydrogen-bond acceptors (Lipinski definition) is 7. The fourth-order valence-corrected chi connectivity index (χ4v) is 4.62. The first-order chi connectivity index (χ1) is 14.5. The molecule has 0 aliphatic carbocycles. The Morgan fingerprint density at radius 3 is 2.13 bits per heavy atom. The Morgan fingerprint density at radius 1 is 0.967 bits per heavy atom. The van der Waals surface area contributed by atoms with E-state index < -0.39 is 34.5 Å². The van der Waals surface area contributed by atoms with Gasteiger partial charge in [-0.2, -0.15) is 15.8 Å². The van der Waals surface area contributed by atoms with E-state index in [0.717, 1.165) is 0 Å². The van der Waals surface area contributed by atoms with Gasteiger partial charge in [0.15, 0.2) is 5.41 Å². The molecule has 1 N–H and O–H groups in total. The maximum Gasteiger partial charge on any atom is 0.244 e. The highest BCUT2D eigenvalue weighted by molar-refractivity contribution is 5.89. The first-order valence-corrected chi connectivity index (χ1v) is 9.35. The molecule has 30 heavy (non-hydrogen) atoms. The van der Waals surface area contributed by atoms with Crippen molar-refractivity contribution >= 4 is 5.90 Å². The van der Waals surface area contributed by atoms with Gasteiger partial charge >= 0.3 is 0 Å². The molecule has 4 atom stereocenters. The second kappa shape index (κ2) is 6.59. The number of nitrogens with one attached hydrogen (secondary N) is 1. The molecule has 7 heteroatoms. The van der Waals surface area contributed by atoms with E-state index in [1.807, 2.05) is 18.2 Å². The Kier molecular flexibility index (Phi) is 4.28. The van der Waals surface area contributed by atoms with Crippen molar-refractivity contribution in [1.29, 1.82) is 21.2 Å². The minimum atomic E-state index is -1.98. The van der Waals surface area contributed by atoms with Crippen molar-refractivity contribution in [3.63, 3.8) is 0 Å². The highest BCUT2D eigenvalue weighted by Gasteiger charge is 2.79. The number of rotatable bonds is 3. The number of hydrogen-bond donors (Lipinski definition) is 1. The molecule has 0 amide bonds. The summed E-state index contributed by atoms with van der Waals surface area (Å²) in [6.07, 6.45) is -1.13. The summed E-state index contributed by atoms with van der Waals surface area (Å²) in [6, 6.07) is 22.0. The van der Waals surface area contributed by atoms with E-state index in [2.05, 4.69) is 6.07 Å². The van der Waals surface area contributed by atoms with E-state index in [0.29, 0.717) is 16.9 Å². The van der Waals surface area contributed by atoms with Crippen molar-refractivity contribution in [2.45, 2.75) is 18.8 Å². The minimum Gasteiger partial charge on any atom is -0.497 e. The van der Waals surface area contributed by atoms with Crippen LogP contribution in [0, 0.1) is 56.2 Å². The number of nitrogens with zero attached hydrogens (tertiary/aromatic N) is 3. The highest BCUT2D eigenvalue weighted by atomic mass is 16.7. The molecular formula is C23H18N4O3. The van der Waals surface area contributed by atoms with E-state index in [9.17, 15) is 15.8 Å². The number of nitriles is 3. The van der Waals surface area contributed by atoms with Gasteiger partial charge in [-0.1, -0.05) is 49.4 Å². The fraction of sp³-hybridized carbons (Fsp3) is 0.304. The van der Waals surface area contributed by atoms with Crippen LogP contribution in [0.4, 0.5) is 0 Å². The molecule has 2 aliphatic rings. The standard InChI is InChI=1S/C23H18N4O3/c1-15-22(14-26)20(27)30-23(15,17-6-4-3-5-7-17)29-19(21(22,12-24)13-25)16-8-10-18(28-2)11-9-16/h3-11,15,19,27H,1-2H3. The Balaban J connectivity index is 2.01. The predicted octanol–water partition coefficient (Wildman–Crippen LogP) is 3.81. The minimum absolute atomic E-state index is 0.430. The van der Waals surface area contributed by atoms with E-state index in [1.54, 1.807) is 55.5 Å². The van der Waals surface area contributed by atoms with Crippen LogP contribution in [0.1, 0.15) is 24.2 Å². The van der Waals surface area contributed by atoms with Gasteiger partial charge in [0.1, 0.15) is 11.9 Å². The van der Waals surface area contributed by atoms with Crippen LogP contribution in [0.15, 0.2) is 54.6 Å². The Morgan fingerprint density at radius 2 is 1.60 bits per heavy atom. The molecule has 4 unspecified atom stereocenters. The van der Waals surface area contributed by atoms with Gasteiger partial charge in [-0.15, -0.1) is 0 Å². The fourth-order valence-electron chi connectivity index (χ4n) is 4.62. The summed E-state index contributed by atoms with van der Waals surface area (Å²) in [4.78, 5) is 0. The lowest BCUT2D eigenvalue weighted by atomic mass is 9.53. The summed E-state index contributed by atoms with van der Waals surface area (Å²) >= 11 is 0. The van der Waals surface area contributed by atoms with Gasteiger partial charge in [0.05, 0.1) is 31.2 Å². The summed E-state index contributed by atoms with van der Waals surface area (Å²) in [5.41, 5.74) is -2.66. The molecule has 2 bridgehead atoms. The Hall–Kier alpha value is -3.86. The molecule has 0 saturated carbocycles. The van der Waals surface area contributed by atoms with Crippen LogP contribution in [0.2, 0.25) is 0 Å². The zero-order valence-corrected chi connectivity index (χ0v) is 16.4. The van der Waals surface area contributed by atoms with Crippen LogP contribution in [-0.2, 0) is 15.3 Å². The molecule has 4 rings (SSSR count). The molecule has 2 aromatic carbocycles. The lowest BCUT2D eigenvalue weighted by Gasteiger charge is -2.48. The second-order valence-corrected chi connectivity index (χ2v) is 7.41. The lowest BCUT2D eigenvalue weighted by molar-refractivity contribution is -0.288. The molecule has 2 saturated heterocycles. The predicted molar refractivity (Wildman–Crippen MR) is 105 cm³/mol. The van der Waals surface area contributed by atoms with E-state index in [4.69, 9.17) is 19.6 Å². The zero-order chi connectivity index (χ0) is 21.6. The smallest absolute Gasteiger partial charge is 0.244 e. The zero-order valence-electron chi connectivity index (χ0n) is 16.4. The molecule has 2 fully saturated rings. The third-order valence-corrected chi connectivity index (χ3v) is 6.26. The Bertz CT molecular complexity index is 1110. The summed E-state index contributed by atoms with van der Waals surface area (Å²) in [6.45, 7) is 1.69. The average Bonchev–Trinajstić information content (AvgIpc) is 2.96. The molecule has 2 aliphatic heterocycles. The van der Waals surface area contributed by atoms with Gasteiger partial charge < -0.3 is 14.2 Å². The molecule has 0 radical (unpaired) electrons. The third kappa shape index (κ3) is 2.12. The van der Waals surface area contributed by atoms with Crippen LogP contribution in [-0.4, -0.2) is 13.0 Å². The van der Waals surface area contributed by atoms with Crippen molar-refractivity contribution in [2.75, 3.05) is 7.11 Å². The SMILES string of the molecule is COc1ccc(C2OC3(c4ccccc4)OC(=N)C(C#N)(C3C)C2(C#N)C#N)cc1. The summed E-state index contributed by atoms with van der Waals surface area (Å²) in [7, 11) is 1.53. The summed E-state index contributed by atoms with van der Waals surface area (Å²) in [5.74, 6) is -2.09. The average molecular weight is 398 g/mol. The number of fused-ring (bicyclic) bond motifs is 2. The molecule has 2 heterocycles. The van der Waals surface area contributed by atoms with E-state index in [-0.39, 0.29) is 0 Å². The third-order valence-electron chi connectivity index (χ3n) is 6.26. The molecule has 2 aromatic rings. The maximum atomic E-state index is 10.3. The highest BCUT2D eigenvalue weighted by Crippen LogP contribution is 2.68. The summed E-state index contributed by atoms with van der Waals surface area (Å²) < 4.78 is 17.5. The quantitative estimate of drug-likeness (QED) is 0.839. The van der Waals surface area contributed by atoms with Crippen molar-refractivity contribution in [1.82, 2.24) is 0 Å². The number of benzene rings is 2. The van der Waals surface area contributed by atoms with Crippen LogP contribution in [0.5, 0.6) is 5.75 Å². The van der Waals surface area contributed by atoms with Crippen LogP contribution < -0.4 is 4.74 Å². The number of ether oxygens (including phenoxy) is 3. The van der Waals surface area contributed by atoms with Gasteiger partial charge in [0.25, 0.3) is 0 Å². The van der Waals surface area contributed by atoms with Gasteiger partial charge in [-0.05, 0) is 17.7 Å². The van der Waals surface area contributed by atoms with Crippen LogP contribution in [0.3, 0.4) is 0 Å².